The average molecular weight is 361 g/mol. The average Bonchev–Trinajstić information content (AvgIpc) is 3.12. The number of rotatable bonds is 4. The van der Waals surface area contributed by atoms with E-state index in [-0.39, 0.29) is 12.1 Å². The molecule has 6 heteroatoms. The van der Waals surface area contributed by atoms with E-state index in [1.54, 1.807) is 38.5 Å². The molecule has 1 aliphatic rings. The van der Waals surface area contributed by atoms with Crippen LogP contribution in [-0.4, -0.2) is 31.7 Å². The Bertz CT molecular complexity index is 749. The smallest absolute Gasteiger partial charge is 0.322 e. The van der Waals surface area contributed by atoms with E-state index in [1.807, 2.05) is 23.1 Å². The van der Waals surface area contributed by atoms with Gasteiger partial charge in [-0.15, -0.1) is 0 Å². The van der Waals surface area contributed by atoms with Gasteiger partial charge in [-0.2, -0.15) is 0 Å². The number of urea groups is 1. The number of ether oxygens (including phenoxy) is 2. The van der Waals surface area contributed by atoms with Crippen molar-refractivity contribution >= 4 is 23.3 Å². The number of anilines is 1. The first-order valence-electron chi connectivity index (χ1n) is 8.17. The number of amides is 2. The highest BCUT2D eigenvalue weighted by molar-refractivity contribution is 6.30. The minimum atomic E-state index is -0.130. The zero-order valence-corrected chi connectivity index (χ0v) is 15.0. The molecule has 5 nitrogen and oxygen atoms in total. The molecule has 0 aromatic heterocycles. The van der Waals surface area contributed by atoms with Crippen LogP contribution in [0.3, 0.4) is 0 Å². The molecule has 0 spiro atoms. The standard InChI is InChI=1S/C19H21ClN2O3/c1-24-15-9-10-18(25-2)16(12-15)17-4-3-11-22(17)19(23)21-14-7-5-13(20)6-8-14/h5-10,12,17H,3-4,11H2,1-2H3,(H,21,23). The summed E-state index contributed by atoms with van der Waals surface area (Å²) in [6, 6.07) is 12.6. The van der Waals surface area contributed by atoms with Crippen molar-refractivity contribution in [3.63, 3.8) is 0 Å². The van der Waals surface area contributed by atoms with E-state index < -0.39 is 0 Å². The van der Waals surface area contributed by atoms with Crippen LogP contribution >= 0.6 is 11.6 Å². The molecule has 132 valence electrons. The molecule has 2 amide bonds. The van der Waals surface area contributed by atoms with Gasteiger partial charge in [-0.05, 0) is 55.3 Å². The van der Waals surface area contributed by atoms with Gasteiger partial charge >= 0.3 is 6.03 Å². The Labute approximate surface area is 152 Å². The van der Waals surface area contributed by atoms with Gasteiger partial charge in [0.1, 0.15) is 11.5 Å². The van der Waals surface area contributed by atoms with E-state index in [9.17, 15) is 4.79 Å². The molecular formula is C19H21ClN2O3. The first-order chi connectivity index (χ1) is 12.1. The van der Waals surface area contributed by atoms with Gasteiger partial charge in [0.15, 0.2) is 0 Å². The molecule has 0 bridgehead atoms. The SMILES string of the molecule is COc1ccc(OC)c(C2CCCN2C(=O)Nc2ccc(Cl)cc2)c1. The third kappa shape index (κ3) is 3.82. The summed E-state index contributed by atoms with van der Waals surface area (Å²) in [5.41, 5.74) is 1.68. The Kier molecular flexibility index (Phi) is 5.34. The number of methoxy groups -OCH3 is 2. The summed E-state index contributed by atoms with van der Waals surface area (Å²) in [5.74, 6) is 1.51. The molecule has 0 aliphatic carbocycles. The predicted octanol–water partition coefficient (Wildman–Crippen LogP) is 4.73. The molecule has 2 aromatic rings. The van der Waals surface area contributed by atoms with Crippen LogP contribution in [0.15, 0.2) is 42.5 Å². The highest BCUT2D eigenvalue weighted by atomic mass is 35.5. The Morgan fingerprint density at radius 1 is 1.16 bits per heavy atom. The maximum absolute atomic E-state index is 12.7. The van der Waals surface area contributed by atoms with Crippen molar-refractivity contribution in [3.8, 4) is 11.5 Å². The van der Waals surface area contributed by atoms with E-state index in [0.29, 0.717) is 11.6 Å². The van der Waals surface area contributed by atoms with Crippen molar-refractivity contribution in [2.45, 2.75) is 18.9 Å². The van der Waals surface area contributed by atoms with Gasteiger partial charge < -0.3 is 19.7 Å². The Morgan fingerprint density at radius 3 is 2.60 bits per heavy atom. The Hall–Kier alpha value is -2.40. The van der Waals surface area contributed by atoms with Gasteiger partial charge in [0.05, 0.1) is 20.3 Å². The summed E-state index contributed by atoms with van der Waals surface area (Å²) >= 11 is 5.89. The van der Waals surface area contributed by atoms with Crippen molar-refractivity contribution in [3.05, 3.63) is 53.1 Å². The molecule has 1 N–H and O–H groups in total. The van der Waals surface area contributed by atoms with Gasteiger partial charge in [-0.25, -0.2) is 4.79 Å². The fourth-order valence-corrected chi connectivity index (χ4v) is 3.29. The maximum atomic E-state index is 12.7. The normalized spacial score (nSPS) is 16.6. The van der Waals surface area contributed by atoms with Gasteiger partial charge in [0.2, 0.25) is 0 Å². The zero-order chi connectivity index (χ0) is 17.8. The van der Waals surface area contributed by atoms with E-state index in [0.717, 1.165) is 35.6 Å². The molecule has 1 heterocycles. The highest BCUT2D eigenvalue weighted by Crippen LogP contribution is 2.39. The lowest BCUT2D eigenvalue weighted by Crippen LogP contribution is -2.34. The molecule has 0 saturated carbocycles. The topological polar surface area (TPSA) is 50.8 Å². The molecular weight excluding hydrogens is 340 g/mol. The van der Waals surface area contributed by atoms with Crippen LogP contribution in [0.4, 0.5) is 10.5 Å². The number of hydrogen-bond acceptors (Lipinski definition) is 3. The van der Waals surface area contributed by atoms with Crippen molar-refractivity contribution in [2.24, 2.45) is 0 Å². The number of carbonyl (C=O) groups is 1. The van der Waals surface area contributed by atoms with Crippen LogP contribution in [0.2, 0.25) is 5.02 Å². The molecule has 2 aromatic carbocycles. The Morgan fingerprint density at radius 2 is 1.92 bits per heavy atom. The second-order valence-corrected chi connectivity index (χ2v) is 6.33. The van der Waals surface area contributed by atoms with Gasteiger partial charge in [0, 0.05) is 22.8 Å². The van der Waals surface area contributed by atoms with Crippen LogP contribution in [0.1, 0.15) is 24.4 Å². The zero-order valence-electron chi connectivity index (χ0n) is 14.3. The summed E-state index contributed by atoms with van der Waals surface area (Å²) in [6.45, 7) is 0.699. The molecule has 1 fully saturated rings. The first-order valence-corrected chi connectivity index (χ1v) is 8.55. The lowest BCUT2D eigenvalue weighted by molar-refractivity contribution is 0.206. The second kappa shape index (κ2) is 7.66. The van der Waals surface area contributed by atoms with Crippen LogP contribution in [0.25, 0.3) is 0 Å². The highest BCUT2D eigenvalue weighted by Gasteiger charge is 2.32. The van der Waals surface area contributed by atoms with E-state index in [2.05, 4.69) is 5.32 Å². The van der Waals surface area contributed by atoms with Crippen LogP contribution < -0.4 is 14.8 Å². The van der Waals surface area contributed by atoms with Crippen LogP contribution in [0, 0.1) is 0 Å². The number of halogens is 1. The number of nitrogens with one attached hydrogen (secondary N) is 1. The van der Waals surface area contributed by atoms with E-state index in [1.165, 1.54) is 0 Å². The molecule has 1 saturated heterocycles. The lowest BCUT2D eigenvalue weighted by Gasteiger charge is -2.27. The van der Waals surface area contributed by atoms with Crippen molar-refractivity contribution in [2.75, 3.05) is 26.1 Å². The third-order valence-corrected chi connectivity index (χ3v) is 4.66. The fourth-order valence-electron chi connectivity index (χ4n) is 3.16. The summed E-state index contributed by atoms with van der Waals surface area (Å²) in [4.78, 5) is 14.6. The quantitative estimate of drug-likeness (QED) is 0.857. The molecule has 1 atom stereocenters. The summed E-state index contributed by atoms with van der Waals surface area (Å²) in [7, 11) is 3.27. The predicted molar refractivity (Wildman–Crippen MR) is 98.7 cm³/mol. The maximum Gasteiger partial charge on any atom is 0.322 e. The van der Waals surface area contributed by atoms with E-state index in [4.69, 9.17) is 21.1 Å². The molecule has 25 heavy (non-hydrogen) atoms. The molecule has 0 radical (unpaired) electrons. The number of nitrogens with zero attached hydrogens (tertiary/aromatic N) is 1. The van der Waals surface area contributed by atoms with Crippen molar-refractivity contribution < 1.29 is 14.3 Å². The third-order valence-electron chi connectivity index (χ3n) is 4.41. The largest absolute Gasteiger partial charge is 0.497 e. The number of carbonyl (C=O) groups excluding carboxylic acids is 1. The van der Waals surface area contributed by atoms with Gasteiger partial charge in [0.25, 0.3) is 0 Å². The fraction of sp³-hybridized carbons (Fsp3) is 0.316. The Balaban J connectivity index is 1.82. The summed E-state index contributed by atoms with van der Waals surface area (Å²) < 4.78 is 10.8. The van der Waals surface area contributed by atoms with Crippen LogP contribution in [0.5, 0.6) is 11.5 Å². The minimum Gasteiger partial charge on any atom is -0.497 e. The molecule has 1 aliphatic heterocycles. The summed E-state index contributed by atoms with van der Waals surface area (Å²) in [6.07, 6.45) is 1.83. The number of likely N-dealkylation sites (tertiary alicyclic amines) is 1. The lowest BCUT2D eigenvalue weighted by atomic mass is 10.0. The number of hydrogen-bond donors (Lipinski definition) is 1. The van der Waals surface area contributed by atoms with Crippen molar-refractivity contribution in [1.82, 2.24) is 4.90 Å². The summed E-state index contributed by atoms with van der Waals surface area (Å²) in [5, 5.41) is 3.57. The monoisotopic (exact) mass is 360 g/mol. The molecule has 3 rings (SSSR count). The van der Waals surface area contributed by atoms with Gasteiger partial charge in [-0.3, -0.25) is 0 Å². The minimum absolute atomic E-state index is 0.0441. The van der Waals surface area contributed by atoms with Gasteiger partial charge in [-0.1, -0.05) is 11.6 Å². The van der Waals surface area contributed by atoms with E-state index >= 15 is 0 Å². The first kappa shape index (κ1) is 17.4. The van der Waals surface area contributed by atoms with Crippen molar-refractivity contribution in [1.29, 1.82) is 0 Å². The second-order valence-electron chi connectivity index (χ2n) is 5.90. The molecule has 1 unspecified atom stereocenters. The number of benzene rings is 2. The van der Waals surface area contributed by atoms with Crippen LogP contribution in [-0.2, 0) is 0 Å².